The Morgan fingerprint density at radius 3 is 2.11 bits per heavy atom. The molecule has 2 heterocycles. The van der Waals surface area contributed by atoms with E-state index in [0.29, 0.717) is 12.1 Å². The van der Waals surface area contributed by atoms with Crippen molar-refractivity contribution in [3.05, 3.63) is 137 Å². The number of aliphatic imine (C=N–C) groups is 1. The van der Waals surface area contributed by atoms with Crippen LogP contribution in [0.15, 0.2) is 114 Å². The van der Waals surface area contributed by atoms with Gasteiger partial charge in [-0.1, -0.05) is 72.8 Å². The summed E-state index contributed by atoms with van der Waals surface area (Å²) in [6, 6.07) is 29.8. The maximum absolute atomic E-state index is 14.0. The zero-order valence-electron chi connectivity index (χ0n) is 19.5. The number of nitrogens with zero attached hydrogens (tertiary/aromatic N) is 3. The van der Waals surface area contributed by atoms with E-state index in [2.05, 4.69) is 10.3 Å². The fourth-order valence-corrected chi connectivity index (χ4v) is 4.41. The first kappa shape index (κ1) is 23.0. The van der Waals surface area contributed by atoms with Gasteiger partial charge in [0, 0.05) is 24.5 Å². The zero-order chi connectivity index (χ0) is 25.0. The number of amides is 2. The molecule has 0 unspecified atom stereocenters. The third kappa shape index (κ3) is 4.34. The van der Waals surface area contributed by atoms with Crippen LogP contribution in [0.2, 0.25) is 0 Å². The fourth-order valence-electron chi connectivity index (χ4n) is 4.41. The Kier molecular flexibility index (Phi) is 6.28. The van der Waals surface area contributed by atoms with Crippen molar-refractivity contribution in [3.8, 4) is 0 Å². The minimum absolute atomic E-state index is 0.139. The molecule has 0 atom stereocenters. The van der Waals surface area contributed by atoms with E-state index in [1.54, 1.807) is 30.6 Å². The number of rotatable bonds is 7. The van der Waals surface area contributed by atoms with Gasteiger partial charge in [0.1, 0.15) is 0 Å². The molecule has 7 heteroatoms. The number of guanidine groups is 1. The Bertz CT molecular complexity index is 1370. The van der Waals surface area contributed by atoms with E-state index >= 15 is 0 Å². The molecule has 0 saturated heterocycles. The molecule has 4 aromatic rings. The van der Waals surface area contributed by atoms with Gasteiger partial charge in [-0.05, 0) is 46.5 Å². The summed E-state index contributed by atoms with van der Waals surface area (Å²) in [5.41, 5.74) is 8.81. The molecule has 0 spiro atoms. The van der Waals surface area contributed by atoms with Crippen LogP contribution in [-0.4, -0.2) is 27.7 Å². The van der Waals surface area contributed by atoms with Crippen LogP contribution in [-0.2, 0) is 23.4 Å². The molecule has 0 radical (unpaired) electrons. The lowest BCUT2D eigenvalue weighted by Crippen LogP contribution is -2.43. The van der Waals surface area contributed by atoms with Crippen molar-refractivity contribution in [2.24, 2.45) is 10.7 Å². The van der Waals surface area contributed by atoms with Gasteiger partial charge in [-0.2, -0.15) is 0 Å². The van der Waals surface area contributed by atoms with Gasteiger partial charge in [0.25, 0.3) is 11.8 Å². The second-order valence-corrected chi connectivity index (χ2v) is 8.54. The summed E-state index contributed by atoms with van der Waals surface area (Å²) < 4.78 is 0. The molecule has 3 aromatic carbocycles. The first-order valence-corrected chi connectivity index (χ1v) is 11.6. The molecule has 1 aliphatic rings. The molecule has 0 fully saturated rings. The van der Waals surface area contributed by atoms with Crippen molar-refractivity contribution in [2.75, 3.05) is 0 Å². The predicted molar refractivity (Wildman–Crippen MR) is 138 cm³/mol. The summed E-state index contributed by atoms with van der Waals surface area (Å²) in [5, 5.41) is 2.91. The number of carbonyl (C=O) groups is 2. The fraction of sp³-hybridized carbons (Fsp3) is 0.103. The van der Waals surface area contributed by atoms with Gasteiger partial charge in [-0.3, -0.25) is 19.5 Å². The van der Waals surface area contributed by atoms with Gasteiger partial charge in [0.05, 0.1) is 6.54 Å². The molecule has 7 nitrogen and oxygen atoms in total. The molecular formula is C29H25N5O2. The van der Waals surface area contributed by atoms with E-state index in [1.165, 1.54) is 4.90 Å². The number of hydrogen-bond donors (Lipinski definition) is 2. The van der Waals surface area contributed by atoms with Gasteiger partial charge in [0.15, 0.2) is 11.5 Å². The third-order valence-corrected chi connectivity index (χ3v) is 6.23. The lowest BCUT2D eigenvalue weighted by molar-refractivity contribution is -0.130. The topological polar surface area (TPSA) is 101 Å². The number of carbonyl (C=O) groups excluding carboxylic acids is 2. The molecule has 178 valence electrons. The maximum Gasteiger partial charge on any atom is 0.266 e. The van der Waals surface area contributed by atoms with Crippen LogP contribution >= 0.6 is 0 Å². The Morgan fingerprint density at radius 2 is 1.47 bits per heavy atom. The van der Waals surface area contributed by atoms with Crippen molar-refractivity contribution in [3.63, 3.8) is 0 Å². The van der Waals surface area contributed by atoms with Crippen molar-refractivity contribution in [1.29, 1.82) is 0 Å². The maximum atomic E-state index is 14.0. The van der Waals surface area contributed by atoms with Gasteiger partial charge >= 0.3 is 0 Å². The third-order valence-electron chi connectivity index (χ3n) is 6.23. The highest BCUT2D eigenvalue weighted by Crippen LogP contribution is 2.39. The highest BCUT2D eigenvalue weighted by molar-refractivity contribution is 6.09. The standard InChI is InChI=1S/C29H25N5O2/c30-28-33-29(24-10-3-1-4-11-24,25-12-5-2-6-13-25)27(36)34(28)20-22-8-7-9-23(18-22)26(35)32-19-21-14-16-31-17-15-21/h1-18H,19-20H2,(H2,30,33)(H,32,35). The largest absolute Gasteiger partial charge is 0.369 e. The van der Waals surface area contributed by atoms with E-state index in [1.807, 2.05) is 78.9 Å². The van der Waals surface area contributed by atoms with Crippen LogP contribution in [0.4, 0.5) is 0 Å². The Balaban J connectivity index is 1.39. The van der Waals surface area contributed by atoms with Gasteiger partial charge < -0.3 is 11.1 Å². The molecule has 0 bridgehead atoms. The first-order valence-electron chi connectivity index (χ1n) is 11.6. The molecule has 0 saturated carbocycles. The number of pyridine rings is 1. The quantitative estimate of drug-likeness (QED) is 0.426. The highest BCUT2D eigenvalue weighted by atomic mass is 16.2. The average molecular weight is 476 g/mol. The molecule has 36 heavy (non-hydrogen) atoms. The summed E-state index contributed by atoms with van der Waals surface area (Å²) in [7, 11) is 0. The molecule has 1 aliphatic heterocycles. The Hall–Kier alpha value is -4.78. The van der Waals surface area contributed by atoms with Crippen molar-refractivity contribution in [2.45, 2.75) is 18.6 Å². The summed E-state index contributed by atoms with van der Waals surface area (Å²) >= 11 is 0. The molecule has 1 aromatic heterocycles. The average Bonchev–Trinajstić information content (AvgIpc) is 3.19. The highest BCUT2D eigenvalue weighted by Gasteiger charge is 2.50. The van der Waals surface area contributed by atoms with Crippen LogP contribution in [0, 0.1) is 0 Å². The lowest BCUT2D eigenvalue weighted by atomic mass is 9.83. The number of nitrogens with two attached hydrogens (primary N) is 1. The monoisotopic (exact) mass is 475 g/mol. The summed E-state index contributed by atoms with van der Waals surface area (Å²) in [6.45, 7) is 0.591. The van der Waals surface area contributed by atoms with Crippen LogP contribution in [0.25, 0.3) is 0 Å². The van der Waals surface area contributed by atoms with Gasteiger partial charge in [0.2, 0.25) is 0 Å². The zero-order valence-corrected chi connectivity index (χ0v) is 19.5. The minimum atomic E-state index is -1.26. The van der Waals surface area contributed by atoms with Gasteiger partial charge in [-0.25, -0.2) is 4.99 Å². The second-order valence-electron chi connectivity index (χ2n) is 8.54. The minimum Gasteiger partial charge on any atom is -0.369 e. The number of aromatic nitrogens is 1. The van der Waals surface area contributed by atoms with Crippen LogP contribution < -0.4 is 11.1 Å². The Labute approximate surface area is 209 Å². The summed E-state index contributed by atoms with van der Waals surface area (Å²) in [4.78, 5) is 36.9. The van der Waals surface area contributed by atoms with Crippen molar-refractivity contribution < 1.29 is 9.59 Å². The molecule has 0 aliphatic carbocycles. The van der Waals surface area contributed by atoms with Gasteiger partial charge in [-0.15, -0.1) is 0 Å². The molecule has 5 rings (SSSR count). The molecule has 2 amide bonds. The number of hydrogen-bond acceptors (Lipinski definition) is 5. The number of benzene rings is 3. The van der Waals surface area contributed by atoms with Crippen LogP contribution in [0.3, 0.4) is 0 Å². The van der Waals surface area contributed by atoms with E-state index < -0.39 is 5.54 Å². The smallest absolute Gasteiger partial charge is 0.266 e. The molecular weight excluding hydrogens is 450 g/mol. The molecule has 3 N–H and O–H groups in total. The van der Waals surface area contributed by atoms with E-state index in [-0.39, 0.29) is 24.3 Å². The normalized spacial score (nSPS) is 14.4. The predicted octanol–water partition coefficient (Wildman–Crippen LogP) is 3.61. The lowest BCUT2D eigenvalue weighted by Gasteiger charge is -2.27. The number of nitrogens with one attached hydrogen (secondary N) is 1. The van der Waals surface area contributed by atoms with Crippen LogP contribution in [0.1, 0.15) is 32.6 Å². The van der Waals surface area contributed by atoms with E-state index in [9.17, 15) is 9.59 Å². The SMILES string of the molecule is NC1=NC(c2ccccc2)(c2ccccc2)C(=O)N1Cc1cccc(C(=O)NCc2ccncc2)c1. The van der Waals surface area contributed by atoms with E-state index in [0.717, 1.165) is 22.3 Å². The second kappa shape index (κ2) is 9.84. The Morgan fingerprint density at radius 1 is 0.833 bits per heavy atom. The van der Waals surface area contributed by atoms with Crippen molar-refractivity contribution >= 4 is 17.8 Å². The van der Waals surface area contributed by atoms with E-state index in [4.69, 9.17) is 10.7 Å². The van der Waals surface area contributed by atoms with Crippen molar-refractivity contribution in [1.82, 2.24) is 15.2 Å². The summed E-state index contributed by atoms with van der Waals surface area (Å²) in [6.07, 6.45) is 3.37. The van der Waals surface area contributed by atoms with Crippen LogP contribution in [0.5, 0.6) is 0 Å². The first-order chi connectivity index (χ1) is 17.6. The summed E-state index contributed by atoms with van der Waals surface area (Å²) in [5.74, 6) is -0.295.